The molecule has 0 bridgehead atoms. The van der Waals surface area contributed by atoms with Gasteiger partial charge in [0.2, 0.25) is 5.91 Å². The third kappa shape index (κ3) is 4.66. The Morgan fingerprint density at radius 3 is 2.65 bits per heavy atom. The van der Waals surface area contributed by atoms with Crippen molar-refractivity contribution < 1.29 is 18.4 Å². The Morgan fingerprint density at radius 2 is 1.98 bits per heavy atom. The fourth-order valence-corrected chi connectivity index (χ4v) is 5.29. The number of hydrogen-bond acceptors (Lipinski definition) is 7. The Kier molecular flexibility index (Phi) is 6.87. The molecular weight excluding hydrogens is 578 g/mol. The van der Waals surface area contributed by atoms with Gasteiger partial charge in [0.05, 0.1) is 63.6 Å². The average molecular weight is 599 g/mol. The predicted octanol–water partition coefficient (Wildman–Crippen LogP) is 4.61. The molecule has 1 aliphatic heterocycles. The van der Waals surface area contributed by atoms with E-state index < -0.39 is 23.6 Å². The topological polar surface area (TPSA) is 130 Å². The first-order valence-corrected chi connectivity index (χ1v) is 13.5. The number of halogens is 3. The van der Waals surface area contributed by atoms with E-state index in [1.165, 1.54) is 40.3 Å². The molecule has 4 aromatic rings. The lowest BCUT2D eigenvalue weighted by atomic mass is 9.89. The lowest BCUT2D eigenvalue weighted by molar-refractivity contribution is -0.119. The number of fused-ring (bicyclic) bond motifs is 1. The van der Waals surface area contributed by atoms with E-state index in [0.29, 0.717) is 23.4 Å². The Labute approximate surface area is 249 Å². The molecule has 43 heavy (non-hydrogen) atoms. The van der Waals surface area contributed by atoms with E-state index in [4.69, 9.17) is 11.6 Å². The molecule has 1 N–H and O–H groups in total. The fraction of sp³-hybridized carbons (Fsp3) is 0.233. The van der Waals surface area contributed by atoms with Gasteiger partial charge in [-0.3, -0.25) is 24.2 Å². The maximum Gasteiger partial charge on any atom is 0.276 e. The molecular formula is C30H21ClF2N8O2. The van der Waals surface area contributed by atoms with E-state index >= 15 is 4.39 Å². The van der Waals surface area contributed by atoms with Crippen LogP contribution < -0.4 is 10.2 Å². The van der Waals surface area contributed by atoms with Crippen LogP contribution in [-0.4, -0.2) is 43.1 Å². The number of hydrogen-bond donors (Lipinski definition) is 1. The Morgan fingerprint density at radius 1 is 1.19 bits per heavy atom. The van der Waals surface area contributed by atoms with Gasteiger partial charge < -0.3 is 5.32 Å². The number of anilines is 2. The first kappa shape index (κ1) is 27.9. The van der Waals surface area contributed by atoms with Crippen molar-refractivity contribution in [1.82, 2.24) is 24.7 Å². The van der Waals surface area contributed by atoms with Crippen LogP contribution in [0.5, 0.6) is 0 Å². The number of benzene rings is 1. The van der Waals surface area contributed by atoms with Gasteiger partial charge in [0.1, 0.15) is 11.6 Å². The summed E-state index contributed by atoms with van der Waals surface area (Å²) in [5.74, 6) is 2.93. The van der Waals surface area contributed by atoms with Crippen LogP contribution in [0.25, 0.3) is 11.3 Å². The van der Waals surface area contributed by atoms with Crippen LogP contribution in [0.4, 0.5) is 20.3 Å². The van der Waals surface area contributed by atoms with E-state index in [9.17, 15) is 19.2 Å². The van der Waals surface area contributed by atoms with Crippen LogP contribution in [0, 0.1) is 60.5 Å². The van der Waals surface area contributed by atoms with Crippen molar-refractivity contribution in [2.24, 2.45) is 11.8 Å². The van der Waals surface area contributed by atoms with Gasteiger partial charge in [0.15, 0.2) is 17.5 Å². The second kappa shape index (κ2) is 10.6. The van der Waals surface area contributed by atoms with Crippen molar-refractivity contribution in [3.05, 3.63) is 81.7 Å². The molecule has 1 aromatic carbocycles. The van der Waals surface area contributed by atoms with Crippen molar-refractivity contribution in [2.45, 2.75) is 26.8 Å². The van der Waals surface area contributed by atoms with E-state index in [0.717, 1.165) is 0 Å². The molecule has 10 nitrogen and oxygen atoms in total. The molecule has 3 aromatic heterocycles. The number of aromatic nitrogens is 5. The van der Waals surface area contributed by atoms with Crippen molar-refractivity contribution in [1.29, 1.82) is 5.26 Å². The summed E-state index contributed by atoms with van der Waals surface area (Å²) >= 11 is 5.91. The Balaban J connectivity index is 1.22. The van der Waals surface area contributed by atoms with Gasteiger partial charge in [-0.15, -0.1) is 0 Å². The molecule has 13 heteroatoms. The molecule has 3 atom stereocenters. The number of nitrogens with one attached hydrogen (secondary N) is 1. The highest BCUT2D eigenvalue weighted by molar-refractivity contribution is 6.31. The average Bonchev–Trinajstić information content (AvgIpc) is 3.52. The largest absolute Gasteiger partial charge is 0.318 e. The highest BCUT2D eigenvalue weighted by Gasteiger charge is 2.44. The third-order valence-electron chi connectivity index (χ3n) is 7.63. The number of rotatable bonds is 6. The molecule has 1 saturated heterocycles. The number of amides is 2. The van der Waals surface area contributed by atoms with Crippen LogP contribution in [0.3, 0.4) is 0 Å². The predicted molar refractivity (Wildman–Crippen MR) is 152 cm³/mol. The van der Waals surface area contributed by atoms with E-state index in [1.54, 1.807) is 27.0 Å². The Hall–Kier alpha value is -5.20. The second-order valence-corrected chi connectivity index (χ2v) is 10.6. The standard InChI is InChI=1S/C30H21ClF2N8O2/c1-14-21(10-36-28(25(14)32)40-12-18-4-6-20(18)30(40)43)16(3)41-13-19(9-37-41)38-29(42)27-15(2)35-11-23(39-27)24-17(8-34)5-7-22(31)26(24)33/h5,7,9-11,13,16,18,20H,12H2,1-3H3,(H,38,42)/t16?,18-,20-/m1/s1. The zero-order valence-corrected chi connectivity index (χ0v) is 23.7. The third-order valence-corrected chi connectivity index (χ3v) is 7.92. The first-order chi connectivity index (χ1) is 20.6. The lowest BCUT2D eigenvalue weighted by Crippen LogP contribution is -2.29. The highest BCUT2D eigenvalue weighted by Crippen LogP contribution is 2.35. The maximum absolute atomic E-state index is 15.4. The second-order valence-electron chi connectivity index (χ2n) is 10.2. The van der Waals surface area contributed by atoms with Crippen LogP contribution in [0.2, 0.25) is 5.02 Å². The molecule has 1 unspecified atom stereocenters. The van der Waals surface area contributed by atoms with Crippen molar-refractivity contribution in [3.63, 3.8) is 0 Å². The highest BCUT2D eigenvalue weighted by atomic mass is 35.5. The Bertz CT molecular complexity index is 1960. The van der Waals surface area contributed by atoms with Gasteiger partial charge in [-0.05, 0) is 38.5 Å². The SMILES string of the molecule is Cc1ncc(-c2c(C#N)ccc(Cl)c2F)nc1C(=O)Nc1cnn(C(C)c2cnc(N3C[C@H]4C#C[C@H]4C3=O)c(F)c2C)c1. The monoisotopic (exact) mass is 598 g/mol. The summed E-state index contributed by atoms with van der Waals surface area (Å²) in [6.07, 6.45) is 5.75. The minimum atomic E-state index is -0.845. The quantitative estimate of drug-likeness (QED) is 0.321. The number of nitriles is 1. The summed E-state index contributed by atoms with van der Waals surface area (Å²) in [6, 6.07) is 4.04. The van der Waals surface area contributed by atoms with E-state index in [1.807, 2.05) is 6.07 Å². The molecule has 4 heterocycles. The first-order valence-electron chi connectivity index (χ1n) is 13.1. The number of carbonyl (C=O) groups excluding carboxylic acids is 2. The van der Waals surface area contributed by atoms with Gasteiger partial charge in [-0.1, -0.05) is 23.4 Å². The normalized spacial score (nSPS) is 17.4. The molecule has 6 rings (SSSR count). The van der Waals surface area contributed by atoms with Gasteiger partial charge >= 0.3 is 0 Å². The van der Waals surface area contributed by atoms with Crippen LogP contribution >= 0.6 is 11.6 Å². The number of pyridine rings is 1. The molecule has 2 aliphatic rings. The number of aryl methyl sites for hydroxylation is 1. The van der Waals surface area contributed by atoms with Gasteiger partial charge in [0, 0.05) is 24.5 Å². The minimum absolute atomic E-state index is 0.0101. The fourth-order valence-electron chi connectivity index (χ4n) is 5.13. The molecule has 1 aliphatic carbocycles. The zero-order chi connectivity index (χ0) is 30.6. The summed E-state index contributed by atoms with van der Waals surface area (Å²) in [5.41, 5.74) is 1.17. The van der Waals surface area contributed by atoms with Crippen LogP contribution in [-0.2, 0) is 4.79 Å². The maximum atomic E-state index is 15.4. The van der Waals surface area contributed by atoms with Gasteiger partial charge in [-0.2, -0.15) is 10.4 Å². The van der Waals surface area contributed by atoms with Gasteiger partial charge in [-0.25, -0.2) is 18.7 Å². The summed E-state index contributed by atoms with van der Waals surface area (Å²) in [4.78, 5) is 39.8. The molecule has 214 valence electrons. The molecule has 1 fully saturated rings. The minimum Gasteiger partial charge on any atom is -0.318 e. The summed E-state index contributed by atoms with van der Waals surface area (Å²) in [7, 11) is 0. The van der Waals surface area contributed by atoms with Crippen molar-refractivity contribution >= 4 is 34.9 Å². The van der Waals surface area contributed by atoms with E-state index in [2.05, 4.69) is 37.2 Å². The van der Waals surface area contributed by atoms with E-state index in [-0.39, 0.29) is 56.8 Å². The lowest BCUT2D eigenvalue weighted by Gasteiger charge is -2.20. The number of nitrogens with zero attached hydrogens (tertiary/aromatic N) is 7. The zero-order valence-electron chi connectivity index (χ0n) is 23.0. The van der Waals surface area contributed by atoms with Crippen LogP contribution in [0.1, 0.15) is 45.8 Å². The molecule has 2 amide bonds. The summed E-state index contributed by atoms with van der Waals surface area (Å²) < 4.78 is 31.8. The van der Waals surface area contributed by atoms with Crippen molar-refractivity contribution in [3.8, 4) is 29.2 Å². The molecule has 0 radical (unpaired) electrons. The van der Waals surface area contributed by atoms with Gasteiger partial charge in [0.25, 0.3) is 5.91 Å². The summed E-state index contributed by atoms with van der Waals surface area (Å²) in [5, 5.41) is 16.2. The molecule has 0 saturated carbocycles. The summed E-state index contributed by atoms with van der Waals surface area (Å²) in [6.45, 7) is 5.29. The number of carbonyl (C=O) groups is 2. The van der Waals surface area contributed by atoms with Crippen LogP contribution in [0.15, 0.2) is 36.9 Å². The smallest absolute Gasteiger partial charge is 0.276 e. The van der Waals surface area contributed by atoms with Crippen molar-refractivity contribution in [2.75, 3.05) is 16.8 Å². The molecule has 0 spiro atoms.